The summed E-state index contributed by atoms with van der Waals surface area (Å²) in [5.74, 6) is 6.00. The fourth-order valence-corrected chi connectivity index (χ4v) is 14.1. The summed E-state index contributed by atoms with van der Waals surface area (Å²) in [6.45, 7) is 22.0. The maximum absolute atomic E-state index is 11.5. The minimum absolute atomic E-state index is 0.0247. The van der Waals surface area contributed by atoms with Gasteiger partial charge in [0, 0.05) is 151 Å². The number of carbonyl (C=O) groups is 4. The molecule has 8 N–H and O–H groups in total. The van der Waals surface area contributed by atoms with Crippen molar-refractivity contribution in [2.75, 3.05) is 60.9 Å². The number of aromatic amines is 1. The number of hydrogen-bond donors (Lipinski definition) is 6. The van der Waals surface area contributed by atoms with Gasteiger partial charge in [-0.25, -0.2) is 29.9 Å². The largest absolute Gasteiger partial charge is 0.454 e. The number of nitrogens with zero attached hydrogens (tertiary/aromatic N) is 17. The molecule has 13 aromatic rings. The Morgan fingerprint density at radius 1 is 0.555 bits per heavy atom. The van der Waals surface area contributed by atoms with Crippen LogP contribution in [0.2, 0.25) is 20.1 Å². The van der Waals surface area contributed by atoms with E-state index in [-0.39, 0.29) is 65.2 Å². The first-order valence-corrected chi connectivity index (χ1v) is 39.9. The zero-order valence-corrected chi connectivity index (χ0v) is 73.0. The van der Waals surface area contributed by atoms with Gasteiger partial charge in [0.1, 0.15) is 94.4 Å². The molecule has 33 nitrogen and oxygen atoms in total. The number of ketones is 3. The second-order valence-electron chi connectivity index (χ2n) is 29.7. The second kappa shape index (κ2) is 38.6. The fourth-order valence-electron chi connectivity index (χ4n) is 12.4. The maximum atomic E-state index is 11.5. The minimum Gasteiger partial charge on any atom is -0.454 e. The molecule has 15 heterocycles. The fraction of sp³-hybridized carbons (Fsp3) is 0.338. The number of anilines is 6. The Balaban J connectivity index is 0.000000150. The predicted molar refractivity (Wildman–Crippen MR) is 462 cm³/mol. The zero-order valence-electron chi connectivity index (χ0n) is 67.5. The first-order chi connectivity index (χ1) is 56.5. The molecule has 0 unspecified atom stereocenters. The first kappa shape index (κ1) is 88.5. The van der Waals surface area contributed by atoms with E-state index in [0.29, 0.717) is 168 Å². The summed E-state index contributed by atoms with van der Waals surface area (Å²) in [5, 5.41) is 19.5. The molecule has 2 saturated heterocycles. The molecule has 2 fully saturated rings. The summed E-state index contributed by atoms with van der Waals surface area (Å²) in [5.41, 5.74) is 19.8. The topological polar surface area (TPSA) is 407 Å². The van der Waals surface area contributed by atoms with Crippen molar-refractivity contribution in [3.05, 3.63) is 168 Å². The Kier molecular flexibility index (Phi) is 28.7. The van der Waals surface area contributed by atoms with Crippen molar-refractivity contribution in [3.63, 3.8) is 0 Å². The number of aryl methyl sites for hydroxylation is 3. The third-order valence-corrected chi connectivity index (χ3v) is 20.6. The van der Waals surface area contributed by atoms with Crippen LogP contribution < -0.4 is 46.4 Å². The lowest BCUT2D eigenvalue weighted by atomic mass is 9.91. The highest BCUT2D eigenvalue weighted by Crippen LogP contribution is 2.42. The highest BCUT2D eigenvalue weighted by molar-refractivity contribution is 9.10. The van der Waals surface area contributed by atoms with Crippen LogP contribution in [0.4, 0.5) is 34.9 Å². The van der Waals surface area contributed by atoms with Gasteiger partial charge in [-0.3, -0.25) is 43.5 Å². The number of imidazole rings is 3. The summed E-state index contributed by atoms with van der Waals surface area (Å²) in [4.78, 5) is 90.2. The predicted octanol–water partition coefficient (Wildman–Crippen LogP) is 16.7. The summed E-state index contributed by atoms with van der Waals surface area (Å²) >= 11 is 34.3. The molecular formula is C80H88BrCl4N23O10S. The number of nitrogens with two attached hydrogens (primary N) is 2. The van der Waals surface area contributed by atoms with E-state index in [1.54, 1.807) is 96.5 Å². The van der Waals surface area contributed by atoms with Gasteiger partial charge in [0.05, 0.1) is 72.9 Å². The molecule has 1 amide bonds. The molecule has 13 aromatic heterocycles. The number of halogens is 5. The standard InChI is InChI=1S/C26H30ClN7O3.C15H12BrClN4O2.C15H13ClN4O2S.C13H14ClN5O2.C11H19N3O/c1-15(35)10-16-11-18(6-8-28-16)37-19-13-29-24-23(22(19)27)33(5)25(31-24)30-21-12-20(26(2,3)4)34(32-21)17-7-9-36-14-17;1-8(22)5-9-6-10(3-4-18-9)23-11-7-19-14-13(12(11)17)21(2)15(16)20-14;1-8(21)5-9-6-10(3-4-17-9)22-11-7-18-14-13(12(11)16)20(2)15(23)19-14;1-7(20)19-10-5-8(3-4-17-10)21-9-6-18-13(15)12(16-2)11(9)14;1-11(2,3)9-6-10(12)13-14(9)8-4-5-15-7-8/h6,8,11-13,17H,7,9-10,14H2,1-5H3,(H,29,30,31,32);3-4,6-7H,5H2,1-2H3;3-4,6-7H,5H2,1-2H3,(H,18,19,23);3-6,16H,1-2H3,(H2,15,18)(H,17,19,20);6,8H,4-5,7H2,1-3H3,(H2,12,13)/t17-;;;;8-/m0...0/s1. The SMILES string of the molecule is CC(=O)Cc1cc(Oc2cnc3[nH]c(=S)n(C)c3c2Cl)ccn1.CC(=O)Cc1cc(Oc2cnc3nc(Br)n(C)c3c2Cl)ccn1.CC(=O)Cc1cc(Oc2cnc3nc(Nc4cc(C(C)(C)C)n([C@H]5CCOC5)n4)n(C)c3c2Cl)ccn1.CC(C)(C)c1cc(N)nn1[C@H]1CCOC1.CNc1c(N)ncc(Oc2ccnc(NC(C)=O)c2)c1Cl. The average Bonchev–Trinajstić information content (AvgIpc) is 1.67. The lowest BCUT2D eigenvalue weighted by Gasteiger charge is -2.22. The maximum Gasteiger partial charge on any atom is 0.222 e. The summed E-state index contributed by atoms with van der Waals surface area (Å²) in [7, 11) is 7.17. The number of ether oxygens (including phenoxy) is 6. The number of amides is 1. The molecule has 119 heavy (non-hydrogen) atoms. The Morgan fingerprint density at radius 2 is 0.992 bits per heavy atom. The second-order valence-corrected chi connectivity index (χ2v) is 32.3. The number of aromatic nitrogens is 18. The smallest absolute Gasteiger partial charge is 0.222 e. The van der Waals surface area contributed by atoms with Crippen molar-refractivity contribution < 1.29 is 47.6 Å². The Bertz CT molecular complexity index is 5970. The van der Waals surface area contributed by atoms with Crippen LogP contribution in [-0.2, 0) is 79.9 Å². The van der Waals surface area contributed by atoms with Gasteiger partial charge < -0.3 is 74.5 Å². The number of nitrogens with one attached hydrogen (secondary N) is 4. The Hall–Kier alpha value is -11.3. The number of H-pyrrole nitrogens is 1. The third-order valence-electron chi connectivity index (χ3n) is 18.0. The molecule has 0 bridgehead atoms. The van der Waals surface area contributed by atoms with Crippen LogP contribution in [0.25, 0.3) is 33.5 Å². The van der Waals surface area contributed by atoms with Crippen LogP contribution in [0.1, 0.15) is 123 Å². The molecule has 15 rings (SSSR count). The van der Waals surface area contributed by atoms with Crippen LogP contribution in [0.5, 0.6) is 46.0 Å². The number of Topliss-reactive ketones (excluding diaryl/α,β-unsaturated/α-hetero) is 3. The Labute approximate surface area is 717 Å². The van der Waals surface area contributed by atoms with Gasteiger partial charge >= 0.3 is 0 Å². The molecule has 2 atom stereocenters. The number of rotatable bonds is 20. The van der Waals surface area contributed by atoms with Gasteiger partial charge in [0.25, 0.3) is 0 Å². The van der Waals surface area contributed by atoms with E-state index in [1.165, 1.54) is 58.2 Å². The molecule has 0 radical (unpaired) electrons. The number of pyridine rings is 8. The van der Waals surface area contributed by atoms with Crippen LogP contribution in [0.15, 0.2) is 115 Å². The van der Waals surface area contributed by atoms with Crippen LogP contribution >= 0.6 is 74.6 Å². The monoisotopic (exact) mass is 1780 g/mol. The number of nitrogen functional groups attached to an aromatic ring is 2. The van der Waals surface area contributed by atoms with Crippen molar-refractivity contribution in [2.45, 2.75) is 124 Å². The molecular weight excluding hydrogens is 1700 g/mol. The van der Waals surface area contributed by atoms with Gasteiger partial charge in [0.2, 0.25) is 11.9 Å². The number of hydrogen-bond acceptors (Lipinski definition) is 27. The highest BCUT2D eigenvalue weighted by Gasteiger charge is 2.31. The van der Waals surface area contributed by atoms with E-state index in [4.69, 9.17) is 104 Å². The van der Waals surface area contributed by atoms with Gasteiger partial charge in [-0.2, -0.15) is 15.2 Å². The molecule has 0 spiro atoms. The van der Waals surface area contributed by atoms with Crippen molar-refractivity contribution in [1.82, 2.24) is 88.1 Å². The number of fused-ring (bicyclic) bond motifs is 3. The number of carbonyl (C=O) groups excluding carboxylic acids is 4. The van der Waals surface area contributed by atoms with Crippen LogP contribution in [-0.4, -0.2) is 145 Å². The molecule has 0 aliphatic carbocycles. The summed E-state index contributed by atoms with van der Waals surface area (Å²) in [6.07, 6.45) is 15.0. The molecule has 2 aliphatic rings. The van der Waals surface area contributed by atoms with E-state index in [9.17, 15) is 19.2 Å². The lowest BCUT2D eigenvalue weighted by molar-refractivity contribution is -0.117. The molecule has 39 heteroatoms. The van der Waals surface area contributed by atoms with Gasteiger partial charge in [-0.15, -0.1) is 0 Å². The van der Waals surface area contributed by atoms with E-state index in [2.05, 4.69) is 144 Å². The minimum atomic E-state index is -0.218. The van der Waals surface area contributed by atoms with E-state index >= 15 is 0 Å². The third kappa shape index (κ3) is 22.4. The normalized spacial score (nSPS) is 13.7. The molecule has 0 aromatic carbocycles. The van der Waals surface area contributed by atoms with Gasteiger partial charge in [0.15, 0.2) is 55.3 Å². The molecule has 2 aliphatic heterocycles. The first-order valence-electron chi connectivity index (χ1n) is 37.2. The van der Waals surface area contributed by atoms with Crippen molar-refractivity contribution in [1.29, 1.82) is 0 Å². The zero-order chi connectivity index (χ0) is 85.9. The summed E-state index contributed by atoms with van der Waals surface area (Å²) < 4.78 is 44.9. The van der Waals surface area contributed by atoms with Gasteiger partial charge in [-0.05, 0) is 86.0 Å². The summed E-state index contributed by atoms with van der Waals surface area (Å²) in [6, 6.07) is 18.0. The molecule has 624 valence electrons. The van der Waals surface area contributed by atoms with E-state index in [1.807, 2.05) is 29.4 Å². The lowest BCUT2D eigenvalue weighted by Crippen LogP contribution is -2.22. The van der Waals surface area contributed by atoms with E-state index < -0.39 is 0 Å². The quantitative estimate of drug-likeness (QED) is 0.0386. The van der Waals surface area contributed by atoms with Crippen molar-refractivity contribution in [3.8, 4) is 46.0 Å². The Morgan fingerprint density at radius 3 is 1.46 bits per heavy atom. The van der Waals surface area contributed by atoms with Crippen molar-refractivity contribution in [2.24, 2.45) is 21.1 Å². The van der Waals surface area contributed by atoms with Crippen LogP contribution in [0, 0.1) is 4.77 Å². The van der Waals surface area contributed by atoms with Crippen molar-refractivity contribution >= 4 is 166 Å². The highest BCUT2D eigenvalue weighted by atomic mass is 79.9. The van der Waals surface area contributed by atoms with Crippen LogP contribution in [0.3, 0.4) is 0 Å². The van der Waals surface area contributed by atoms with Gasteiger partial charge in [-0.1, -0.05) is 87.9 Å². The average molecular weight is 1790 g/mol. The molecule has 0 saturated carbocycles. The van der Waals surface area contributed by atoms with E-state index in [0.717, 1.165) is 38.4 Å².